The van der Waals surface area contributed by atoms with Crippen molar-refractivity contribution in [1.82, 2.24) is 4.98 Å². The fraction of sp³-hybridized carbons (Fsp3) is 0.250. The lowest BCUT2D eigenvalue weighted by Gasteiger charge is -2.22. The number of benzene rings is 2. The minimum Gasteiger partial charge on any atom is -0.494 e. The molecule has 1 aromatic heterocycles. The summed E-state index contributed by atoms with van der Waals surface area (Å²) in [7, 11) is 3.18. The van der Waals surface area contributed by atoms with E-state index in [4.69, 9.17) is 14.2 Å². The summed E-state index contributed by atoms with van der Waals surface area (Å²) in [5, 5.41) is 0. The third-order valence-corrected chi connectivity index (χ3v) is 4.53. The van der Waals surface area contributed by atoms with Gasteiger partial charge in [-0.2, -0.15) is 0 Å². The van der Waals surface area contributed by atoms with Crippen molar-refractivity contribution >= 4 is 11.7 Å². The Balaban J connectivity index is 1.89. The molecule has 0 atom stereocenters. The van der Waals surface area contributed by atoms with Crippen LogP contribution in [0.4, 0.5) is 5.82 Å². The van der Waals surface area contributed by atoms with Crippen LogP contribution in [-0.4, -0.2) is 31.7 Å². The standard InChI is InChI=1S/C24H26N2O4/c1-4-15-30-20-11-9-19(10-12-20)24(27)26(23-7-5-6-14-25-23)17-18-8-13-21(28-2)22(16-18)29-3/h5-14,16H,4,15,17H2,1-3H3. The Hall–Kier alpha value is -3.54. The third kappa shape index (κ3) is 5.08. The Morgan fingerprint density at radius 1 is 0.967 bits per heavy atom. The van der Waals surface area contributed by atoms with E-state index in [1.165, 1.54) is 0 Å². The van der Waals surface area contributed by atoms with Crippen molar-refractivity contribution in [3.8, 4) is 17.2 Å². The molecule has 0 unspecified atom stereocenters. The predicted molar refractivity (Wildman–Crippen MR) is 117 cm³/mol. The van der Waals surface area contributed by atoms with Gasteiger partial charge in [-0.25, -0.2) is 4.98 Å². The molecule has 1 heterocycles. The van der Waals surface area contributed by atoms with Gasteiger partial charge in [-0.1, -0.05) is 19.1 Å². The molecular formula is C24H26N2O4. The van der Waals surface area contributed by atoms with Crippen LogP contribution in [0.1, 0.15) is 29.3 Å². The van der Waals surface area contributed by atoms with Crippen molar-refractivity contribution in [3.05, 3.63) is 78.0 Å². The molecule has 2 aromatic carbocycles. The van der Waals surface area contributed by atoms with E-state index < -0.39 is 0 Å². The number of nitrogens with zero attached hydrogens (tertiary/aromatic N) is 2. The number of rotatable bonds is 9. The second-order valence-electron chi connectivity index (χ2n) is 6.64. The highest BCUT2D eigenvalue weighted by atomic mass is 16.5. The van der Waals surface area contributed by atoms with E-state index in [1.54, 1.807) is 37.4 Å². The van der Waals surface area contributed by atoms with E-state index in [0.717, 1.165) is 17.7 Å². The van der Waals surface area contributed by atoms with Gasteiger partial charge in [0.1, 0.15) is 11.6 Å². The second-order valence-corrected chi connectivity index (χ2v) is 6.64. The average molecular weight is 406 g/mol. The number of aromatic nitrogens is 1. The summed E-state index contributed by atoms with van der Waals surface area (Å²) in [6.07, 6.45) is 2.60. The first-order valence-corrected chi connectivity index (χ1v) is 9.83. The van der Waals surface area contributed by atoms with E-state index in [-0.39, 0.29) is 5.91 Å². The van der Waals surface area contributed by atoms with E-state index in [9.17, 15) is 4.79 Å². The summed E-state index contributed by atoms with van der Waals surface area (Å²) in [4.78, 5) is 19.4. The van der Waals surface area contributed by atoms with Crippen molar-refractivity contribution in [2.75, 3.05) is 25.7 Å². The average Bonchev–Trinajstić information content (AvgIpc) is 2.81. The van der Waals surface area contributed by atoms with Crippen LogP contribution in [-0.2, 0) is 6.54 Å². The first kappa shape index (κ1) is 21.2. The van der Waals surface area contributed by atoms with E-state index in [2.05, 4.69) is 11.9 Å². The molecule has 0 N–H and O–H groups in total. The molecule has 156 valence electrons. The van der Waals surface area contributed by atoms with Crippen molar-refractivity contribution < 1.29 is 19.0 Å². The number of carbonyl (C=O) groups excluding carboxylic acids is 1. The van der Waals surface area contributed by atoms with Crippen LogP contribution in [0.25, 0.3) is 0 Å². The van der Waals surface area contributed by atoms with E-state index >= 15 is 0 Å². The summed E-state index contributed by atoms with van der Waals surface area (Å²) < 4.78 is 16.3. The highest BCUT2D eigenvalue weighted by Crippen LogP contribution is 2.29. The van der Waals surface area contributed by atoms with Gasteiger partial charge in [-0.05, 0) is 60.5 Å². The van der Waals surface area contributed by atoms with Gasteiger partial charge in [0.15, 0.2) is 11.5 Å². The molecule has 0 spiro atoms. The molecule has 0 aliphatic heterocycles. The summed E-state index contributed by atoms with van der Waals surface area (Å²) in [6, 6.07) is 18.3. The minimum atomic E-state index is -0.148. The monoisotopic (exact) mass is 406 g/mol. The molecule has 0 radical (unpaired) electrons. The fourth-order valence-corrected chi connectivity index (χ4v) is 3.00. The summed E-state index contributed by atoms with van der Waals surface area (Å²) >= 11 is 0. The van der Waals surface area contributed by atoms with Crippen molar-refractivity contribution in [2.45, 2.75) is 19.9 Å². The number of ether oxygens (including phenoxy) is 3. The zero-order valence-electron chi connectivity index (χ0n) is 17.5. The number of carbonyl (C=O) groups is 1. The second kappa shape index (κ2) is 10.3. The Kier molecular flexibility index (Phi) is 7.27. The zero-order chi connectivity index (χ0) is 21.3. The van der Waals surface area contributed by atoms with Crippen LogP contribution < -0.4 is 19.1 Å². The van der Waals surface area contributed by atoms with Gasteiger partial charge < -0.3 is 14.2 Å². The first-order chi connectivity index (χ1) is 14.7. The van der Waals surface area contributed by atoms with E-state index in [0.29, 0.717) is 36.0 Å². The lowest BCUT2D eigenvalue weighted by molar-refractivity contribution is 0.0984. The molecule has 0 saturated carbocycles. The maximum absolute atomic E-state index is 13.3. The molecule has 0 aliphatic rings. The lowest BCUT2D eigenvalue weighted by Crippen LogP contribution is -2.31. The summed E-state index contributed by atoms with van der Waals surface area (Å²) in [5.74, 6) is 2.42. The van der Waals surface area contributed by atoms with Gasteiger partial charge in [-0.15, -0.1) is 0 Å². The Labute approximate surface area is 177 Å². The van der Waals surface area contributed by atoms with Crippen LogP contribution in [0.5, 0.6) is 17.2 Å². The van der Waals surface area contributed by atoms with Gasteiger partial charge in [0.25, 0.3) is 5.91 Å². The topological polar surface area (TPSA) is 60.9 Å². The molecule has 0 fully saturated rings. The van der Waals surface area contributed by atoms with Crippen LogP contribution in [0.3, 0.4) is 0 Å². The van der Waals surface area contributed by atoms with Crippen molar-refractivity contribution in [2.24, 2.45) is 0 Å². The molecule has 6 nitrogen and oxygen atoms in total. The van der Waals surface area contributed by atoms with Crippen LogP contribution in [0.2, 0.25) is 0 Å². The highest BCUT2D eigenvalue weighted by Gasteiger charge is 2.20. The summed E-state index contributed by atoms with van der Waals surface area (Å²) in [6.45, 7) is 3.04. The van der Waals surface area contributed by atoms with Crippen molar-refractivity contribution in [3.63, 3.8) is 0 Å². The number of anilines is 1. The van der Waals surface area contributed by atoms with Gasteiger partial charge in [0, 0.05) is 11.8 Å². The number of hydrogen-bond donors (Lipinski definition) is 0. The highest BCUT2D eigenvalue weighted by molar-refractivity contribution is 6.05. The van der Waals surface area contributed by atoms with Gasteiger partial charge in [-0.3, -0.25) is 9.69 Å². The SMILES string of the molecule is CCCOc1ccc(C(=O)N(Cc2ccc(OC)c(OC)c2)c2ccccn2)cc1. The Morgan fingerprint density at radius 2 is 1.73 bits per heavy atom. The fourth-order valence-electron chi connectivity index (χ4n) is 3.00. The third-order valence-electron chi connectivity index (χ3n) is 4.53. The smallest absolute Gasteiger partial charge is 0.259 e. The molecule has 3 aromatic rings. The van der Waals surface area contributed by atoms with Gasteiger partial charge >= 0.3 is 0 Å². The maximum Gasteiger partial charge on any atom is 0.259 e. The molecule has 0 aliphatic carbocycles. The molecule has 0 saturated heterocycles. The number of methoxy groups -OCH3 is 2. The number of amides is 1. The van der Waals surface area contributed by atoms with Crippen molar-refractivity contribution in [1.29, 1.82) is 0 Å². The van der Waals surface area contributed by atoms with Crippen LogP contribution >= 0.6 is 0 Å². The number of hydrogen-bond acceptors (Lipinski definition) is 5. The quantitative estimate of drug-likeness (QED) is 0.514. The molecule has 30 heavy (non-hydrogen) atoms. The maximum atomic E-state index is 13.3. The van der Waals surface area contributed by atoms with E-state index in [1.807, 2.05) is 48.5 Å². The normalized spacial score (nSPS) is 10.4. The number of pyridine rings is 1. The predicted octanol–water partition coefficient (Wildman–Crippen LogP) is 4.73. The Morgan fingerprint density at radius 3 is 2.37 bits per heavy atom. The molecule has 3 rings (SSSR count). The molecular weight excluding hydrogens is 380 g/mol. The molecule has 1 amide bonds. The molecule has 6 heteroatoms. The largest absolute Gasteiger partial charge is 0.494 e. The zero-order valence-corrected chi connectivity index (χ0v) is 17.5. The van der Waals surface area contributed by atoms with Crippen LogP contribution in [0.15, 0.2) is 66.9 Å². The van der Waals surface area contributed by atoms with Gasteiger partial charge in [0.2, 0.25) is 0 Å². The van der Waals surface area contributed by atoms with Gasteiger partial charge in [0.05, 0.1) is 27.4 Å². The lowest BCUT2D eigenvalue weighted by atomic mass is 10.1. The Bertz CT molecular complexity index is 959. The molecule has 0 bridgehead atoms. The minimum absolute atomic E-state index is 0.148. The van der Waals surface area contributed by atoms with Crippen LogP contribution in [0, 0.1) is 0 Å². The summed E-state index contributed by atoms with van der Waals surface area (Å²) in [5.41, 5.74) is 1.46. The first-order valence-electron chi connectivity index (χ1n) is 9.83.